The quantitative estimate of drug-likeness (QED) is 0.845. The summed E-state index contributed by atoms with van der Waals surface area (Å²) in [7, 11) is 0. The molecule has 1 aromatic carbocycles. The average molecular weight is 229 g/mol. The van der Waals surface area contributed by atoms with Crippen molar-refractivity contribution >= 4 is 11.0 Å². The molecule has 0 aliphatic rings. The van der Waals surface area contributed by atoms with Crippen LogP contribution < -0.4 is 0 Å². The smallest absolute Gasteiger partial charge is 0.342 e. The van der Waals surface area contributed by atoms with E-state index in [1.165, 1.54) is 6.07 Å². The number of aromatic amines is 1. The van der Waals surface area contributed by atoms with E-state index in [0.717, 1.165) is 12.1 Å². The fourth-order valence-electron chi connectivity index (χ4n) is 1.45. The van der Waals surface area contributed by atoms with Crippen LogP contribution in [-0.2, 0) is 17.7 Å². The van der Waals surface area contributed by atoms with Crippen LogP contribution in [0.3, 0.4) is 0 Å². The Kier molecular flexibility index (Phi) is 2.59. The third-order valence-electron chi connectivity index (χ3n) is 2.20. The Balaban J connectivity index is 2.46. The highest BCUT2D eigenvalue weighted by Crippen LogP contribution is 2.30. The molecule has 0 amide bonds. The molecular formula is C10H8F3N2O. The summed E-state index contributed by atoms with van der Waals surface area (Å²) in [6, 6.07) is 3.28. The Morgan fingerprint density at radius 1 is 1.31 bits per heavy atom. The van der Waals surface area contributed by atoms with Gasteiger partial charge in [0.25, 0.3) is 0 Å². The van der Waals surface area contributed by atoms with Crippen LogP contribution in [0.25, 0.3) is 11.0 Å². The van der Waals surface area contributed by atoms with Crippen LogP contribution >= 0.6 is 0 Å². The van der Waals surface area contributed by atoms with Crippen molar-refractivity contribution in [2.24, 2.45) is 0 Å². The highest BCUT2D eigenvalue weighted by atomic mass is 19.4. The number of hydrogen-bond donors (Lipinski definition) is 1. The first-order chi connectivity index (χ1) is 7.50. The van der Waals surface area contributed by atoms with Crippen molar-refractivity contribution in [3.63, 3.8) is 0 Å². The van der Waals surface area contributed by atoms with E-state index < -0.39 is 11.7 Å². The summed E-state index contributed by atoms with van der Waals surface area (Å²) in [5.74, 6) is 0.421. The van der Waals surface area contributed by atoms with E-state index in [9.17, 15) is 18.3 Å². The summed E-state index contributed by atoms with van der Waals surface area (Å²) in [5.41, 5.74) is 0.00917. The molecule has 2 rings (SSSR count). The summed E-state index contributed by atoms with van der Waals surface area (Å²) in [4.78, 5) is 6.72. The predicted octanol–water partition coefficient (Wildman–Crippen LogP) is 2.55. The third-order valence-corrected chi connectivity index (χ3v) is 2.20. The number of hydrogen-bond acceptors (Lipinski definition) is 1. The van der Waals surface area contributed by atoms with E-state index in [2.05, 4.69) is 9.97 Å². The lowest BCUT2D eigenvalue weighted by Crippen LogP contribution is -2.04. The molecule has 0 aliphatic heterocycles. The first-order valence-electron chi connectivity index (χ1n) is 4.64. The number of alkyl halides is 3. The van der Waals surface area contributed by atoms with Crippen LogP contribution in [0.5, 0.6) is 0 Å². The second-order valence-corrected chi connectivity index (χ2v) is 3.37. The van der Waals surface area contributed by atoms with E-state index in [1.54, 1.807) is 0 Å². The van der Waals surface area contributed by atoms with Crippen molar-refractivity contribution in [1.29, 1.82) is 0 Å². The van der Waals surface area contributed by atoms with Gasteiger partial charge >= 0.3 is 6.18 Å². The molecule has 0 atom stereocenters. The third kappa shape index (κ3) is 2.01. The molecule has 0 aliphatic carbocycles. The van der Waals surface area contributed by atoms with Gasteiger partial charge in [-0.3, -0.25) is 0 Å². The Morgan fingerprint density at radius 2 is 2.06 bits per heavy atom. The van der Waals surface area contributed by atoms with Crippen molar-refractivity contribution in [3.8, 4) is 0 Å². The minimum absolute atomic E-state index is 0.191. The number of benzene rings is 1. The molecule has 0 saturated carbocycles. The van der Waals surface area contributed by atoms with Crippen LogP contribution in [0.1, 0.15) is 11.4 Å². The Morgan fingerprint density at radius 3 is 2.69 bits per heavy atom. The summed E-state index contributed by atoms with van der Waals surface area (Å²) >= 11 is 0. The van der Waals surface area contributed by atoms with Crippen LogP contribution in [-0.4, -0.2) is 16.6 Å². The first kappa shape index (κ1) is 10.9. The topological polar surface area (TPSA) is 48.6 Å². The second kappa shape index (κ2) is 3.79. The molecule has 1 N–H and O–H groups in total. The SMILES string of the molecule is [O]CCc1nc2cc(C(F)(F)F)ccc2[nH]1. The van der Waals surface area contributed by atoms with E-state index in [1.807, 2.05) is 0 Å². The lowest BCUT2D eigenvalue weighted by atomic mass is 10.2. The number of H-pyrrole nitrogens is 1. The van der Waals surface area contributed by atoms with Gasteiger partial charge in [0.05, 0.1) is 23.2 Å². The number of aromatic nitrogens is 2. The summed E-state index contributed by atoms with van der Waals surface area (Å²) in [6.45, 7) is -0.341. The molecule has 0 spiro atoms. The number of halogens is 3. The lowest BCUT2D eigenvalue weighted by molar-refractivity contribution is -0.137. The molecule has 1 aromatic heterocycles. The molecule has 0 bridgehead atoms. The van der Waals surface area contributed by atoms with Crippen molar-refractivity contribution in [2.45, 2.75) is 12.6 Å². The Hall–Kier alpha value is -1.56. The predicted molar refractivity (Wildman–Crippen MR) is 50.4 cm³/mol. The lowest BCUT2D eigenvalue weighted by Gasteiger charge is -2.04. The number of nitrogens with one attached hydrogen (secondary N) is 1. The van der Waals surface area contributed by atoms with Gasteiger partial charge in [-0.2, -0.15) is 13.2 Å². The van der Waals surface area contributed by atoms with Gasteiger partial charge < -0.3 is 4.98 Å². The van der Waals surface area contributed by atoms with Gasteiger partial charge in [-0.1, -0.05) is 0 Å². The van der Waals surface area contributed by atoms with Gasteiger partial charge in [0, 0.05) is 6.42 Å². The largest absolute Gasteiger partial charge is 0.416 e. The van der Waals surface area contributed by atoms with Crippen LogP contribution in [0.2, 0.25) is 0 Å². The maximum absolute atomic E-state index is 12.4. The minimum atomic E-state index is -4.37. The van der Waals surface area contributed by atoms with Crippen molar-refractivity contribution in [1.82, 2.24) is 9.97 Å². The minimum Gasteiger partial charge on any atom is -0.342 e. The fraction of sp³-hybridized carbons (Fsp3) is 0.300. The van der Waals surface area contributed by atoms with E-state index in [0.29, 0.717) is 11.3 Å². The highest BCUT2D eigenvalue weighted by Gasteiger charge is 2.30. The van der Waals surface area contributed by atoms with Crippen LogP contribution in [0.15, 0.2) is 18.2 Å². The molecule has 1 radical (unpaired) electrons. The van der Waals surface area contributed by atoms with Gasteiger partial charge in [-0.05, 0) is 18.2 Å². The molecule has 0 fully saturated rings. The van der Waals surface area contributed by atoms with Crippen molar-refractivity contribution in [3.05, 3.63) is 29.6 Å². The monoisotopic (exact) mass is 229 g/mol. The molecule has 6 heteroatoms. The Labute approximate surface area is 88.9 Å². The fourth-order valence-corrected chi connectivity index (χ4v) is 1.45. The summed E-state index contributed by atoms with van der Waals surface area (Å²) in [5, 5.41) is 10.4. The normalized spacial score (nSPS) is 12.2. The summed E-state index contributed by atoms with van der Waals surface area (Å²) in [6.07, 6.45) is -4.18. The molecule has 16 heavy (non-hydrogen) atoms. The molecule has 2 aromatic rings. The zero-order chi connectivity index (χ0) is 11.8. The van der Waals surface area contributed by atoms with E-state index >= 15 is 0 Å². The number of fused-ring (bicyclic) bond motifs is 1. The van der Waals surface area contributed by atoms with Crippen molar-refractivity contribution in [2.75, 3.05) is 6.61 Å². The zero-order valence-electron chi connectivity index (χ0n) is 8.14. The molecule has 0 saturated heterocycles. The van der Waals surface area contributed by atoms with Gasteiger partial charge in [-0.15, -0.1) is 0 Å². The van der Waals surface area contributed by atoms with Gasteiger partial charge in [0.2, 0.25) is 0 Å². The van der Waals surface area contributed by atoms with Crippen LogP contribution in [0, 0.1) is 0 Å². The van der Waals surface area contributed by atoms with E-state index in [-0.39, 0.29) is 18.5 Å². The first-order valence-corrected chi connectivity index (χ1v) is 4.64. The number of imidazole rings is 1. The van der Waals surface area contributed by atoms with Crippen LogP contribution in [0.4, 0.5) is 13.2 Å². The molecule has 3 nitrogen and oxygen atoms in total. The van der Waals surface area contributed by atoms with Gasteiger partial charge in [0.1, 0.15) is 5.82 Å². The molecule has 1 heterocycles. The van der Waals surface area contributed by atoms with Gasteiger partial charge in [-0.25, -0.2) is 10.1 Å². The average Bonchev–Trinajstić information content (AvgIpc) is 2.57. The van der Waals surface area contributed by atoms with Gasteiger partial charge in [0.15, 0.2) is 0 Å². The second-order valence-electron chi connectivity index (χ2n) is 3.37. The summed E-state index contributed by atoms with van der Waals surface area (Å²) < 4.78 is 37.1. The van der Waals surface area contributed by atoms with E-state index in [4.69, 9.17) is 0 Å². The Bertz CT molecular complexity index is 504. The number of nitrogens with zero attached hydrogens (tertiary/aromatic N) is 1. The zero-order valence-corrected chi connectivity index (χ0v) is 8.14. The maximum Gasteiger partial charge on any atom is 0.416 e. The van der Waals surface area contributed by atoms with Crippen molar-refractivity contribution < 1.29 is 18.3 Å². The maximum atomic E-state index is 12.4. The number of rotatable bonds is 2. The molecular weight excluding hydrogens is 221 g/mol. The highest BCUT2D eigenvalue weighted by molar-refractivity contribution is 5.76. The standard InChI is InChI=1S/C10H8F3N2O/c11-10(12,13)6-1-2-7-8(5-6)15-9(14-7)3-4-16/h1-2,5H,3-4H2,(H,14,15). The molecule has 0 unspecified atom stereocenters. The molecule has 85 valence electrons.